The van der Waals surface area contributed by atoms with Gasteiger partial charge in [0.1, 0.15) is 28.1 Å². The zero-order chi connectivity index (χ0) is 20.4. The van der Waals surface area contributed by atoms with Gasteiger partial charge >= 0.3 is 5.63 Å². The summed E-state index contributed by atoms with van der Waals surface area (Å²) in [5, 5.41) is 15.4. The minimum atomic E-state index is -0.538. The minimum Gasteiger partial charge on any atom is -0.422 e. The van der Waals surface area contributed by atoms with Crippen molar-refractivity contribution in [2.45, 2.75) is 0 Å². The number of aromatic nitrogens is 1. The topological polar surface area (TPSA) is 78.9 Å². The molecule has 4 rings (SSSR count). The Kier molecular flexibility index (Phi) is 5.12. The first-order chi connectivity index (χ1) is 14.0. The molecule has 0 saturated heterocycles. The maximum atomic E-state index is 13.7. The van der Waals surface area contributed by atoms with Crippen LogP contribution in [0.2, 0.25) is 5.02 Å². The maximum Gasteiger partial charge on any atom is 0.345 e. The van der Waals surface area contributed by atoms with E-state index in [0.717, 1.165) is 0 Å². The zero-order valence-electron chi connectivity index (χ0n) is 14.6. The molecule has 0 spiro atoms. The fourth-order valence-corrected chi connectivity index (χ4v) is 3.63. The van der Waals surface area contributed by atoms with E-state index in [1.54, 1.807) is 47.8 Å². The molecule has 0 aliphatic heterocycles. The van der Waals surface area contributed by atoms with Crippen LogP contribution in [0.1, 0.15) is 5.01 Å². The van der Waals surface area contributed by atoms with Crippen molar-refractivity contribution in [3.63, 3.8) is 0 Å². The summed E-state index contributed by atoms with van der Waals surface area (Å²) in [6.07, 6.45) is 1.38. The van der Waals surface area contributed by atoms with Gasteiger partial charge in [0, 0.05) is 22.0 Å². The van der Waals surface area contributed by atoms with E-state index in [1.165, 1.54) is 23.6 Å². The Morgan fingerprint density at radius 2 is 2.10 bits per heavy atom. The highest BCUT2D eigenvalue weighted by molar-refractivity contribution is 7.11. The van der Waals surface area contributed by atoms with E-state index in [1.807, 2.05) is 6.07 Å². The predicted molar refractivity (Wildman–Crippen MR) is 112 cm³/mol. The Labute approximate surface area is 173 Å². The summed E-state index contributed by atoms with van der Waals surface area (Å²) in [6, 6.07) is 14.8. The molecule has 0 fully saturated rings. The molecule has 142 valence electrons. The molecule has 4 aromatic rings. The van der Waals surface area contributed by atoms with Gasteiger partial charge in [-0.15, -0.1) is 11.3 Å². The fourth-order valence-electron chi connectivity index (χ4n) is 2.66. The van der Waals surface area contributed by atoms with E-state index in [9.17, 15) is 14.4 Å². The number of para-hydroxylation sites is 1. The van der Waals surface area contributed by atoms with Crippen LogP contribution in [0.4, 0.5) is 10.1 Å². The second-order valence-electron chi connectivity index (χ2n) is 5.96. The Balaban J connectivity index is 1.69. The first-order valence-electron chi connectivity index (χ1n) is 8.36. The molecule has 8 heteroatoms. The molecule has 0 bridgehead atoms. The van der Waals surface area contributed by atoms with Crippen LogP contribution in [-0.4, -0.2) is 4.98 Å². The number of anilines is 1. The smallest absolute Gasteiger partial charge is 0.345 e. The standard InChI is InChI=1S/C21H11ClFN3O2S/c22-14-5-6-19-12(7-14)8-15(21(27)28-19)18-11-29-20(26-18)13(9-24)10-25-17-4-2-1-3-16(17)23/h1-8,10-11,25H/b13-10+. The van der Waals surface area contributed by atoms with Crippen molar-refractivity contribution < 1.29 is 8.81 Å². The number of hydrogen-bond donors (Lipinski definition) is 1. The van der Waals surface area contributed by atoms with Crippen molar-refractivity contribution in [3.8, 4) is 17.3 Å². The van der Waals surface area contributed by atoms with Gasteiger partial charge in [0.25, 0.3) is 0 Å². The molecule has 5 nitrogen and oxygen atoms in total. The van der Waals surface area contributed by atoms with E-state index < -0.39 is 11.4 Å². The normalized spacial score (nSPS) is 11.4. The summed E-state index contributed by atoms with van der Waals surface area (Å²) < 4.78 is 19.1. The summed E-state index contributed by atoms with van der Waals surface area (Å²) in [6.45, 7) is 0. The Morgan fingerprint density at radius 1 is 1.28 bits per heavy atom. The number of rotatable bonds is 4. The first kappa shape index (κ1) is 18.9. The van der Waals surface area contributed by atoms with Gasteiger partial charge < -0.3 is 9.73 Å². The second-order valence-corrected chi connectivity index (χ2v) is 7.26. The number of thiazole rings is 1. The van der Waals surface area contributed by atoms with Crippen LogP contribution in [-0.2, 0) is 0 Å². The third kappa shape index (κ3) is 3.90. The Bertz CT molecular complexity index is 1350. The van der Waals surface area contributed by atoms with Gasteiger partial charge in [-0.3, -0.25) is 0 Å². The van der Waals surface area contributed by atoms with Crippen molar-refractivity contribution in [2.24, 2.45) is 0 Å². The van der Waals surface area contributed by atoms with Crippen molar-refractivity contribution in [3.05, 3.63) is 86.4 Å². The average molecular weight is 424 g/mol. The fraction of sp³-hybridized carbons (Fsp3) is 0. The van der Waals surface area contributed by atoms with E-state index in [2.05, 4.69) is 10.3 Å². The van der Waals surface area contributed by atoms with E-state index in [0.29, 0.717) is 26.7 Å². The van der Waals surface area contributed by atoms with Gasteiger partial charge in [0.2, 0.25) is 0 Å². The first-order valence-corrected chi connectivity index (χ1v) is 9.62. The molecule has 0 radical (unpaired) electrons. The van der Waals surface area contributed by atoms with E-state index >= 15 is 0 Å². The number of nitrogens with one attached hydrogen (secondary N) is 1. The maximum absolute atomic E-state index is 13.7. The number of fused-ring (bicyclic) bond motifs is 1. The number of benzene rings is 2. The van der Waals surface area contributed by atoms with Crippen molar-refractivity contribution >= 4 is 45.2 Å². The summed E-state index contributed by atoms with van der Waals surface area (Å²) in [7, 11) is 0. The highest BCUT2D eigenvalue weighted by Gasteiger charge is 2.14. The quantitative estimate of drug-likeness (QED) is 0.337. The molecule has 2 heterocycles. The van der Waals surface area contributed by atoms with E-state index in [-0.39, 0.29) is 16.8 Å². The van der Waals surface area contributed by atoms with Gasteiger partial charge in [-0.05, 0) is 36.4 Å². The lowest BCUT2D eigenvalue weighted by Crippen LogP contribution is -2.03. The Hall–Kier alpha value is -3.47. The van der Waals surface area contributed by atoms with Crippen molar-refractivity contribution in [2.75, 3.05) is 5.32 Å². The lowest BCUT2D eigenvalue weighted by atomic mass is 10.1. The third-order valence-corrected chi connectivity index (χ3v) is 5.18. The third-order valence-electron chi connectivity index (χ3n) is 4.07. The molecule has 2 aromatic heterocycles. The molecule has 0 unspecified atom stereocenters. The molecule has 0 atom stereocenters. The van der Waals surface area contributed by atoms with Gasteiger partial charge in [-0.1, -0.05) is 23.7 Å². The molecule has 29 heavy (non-hydrogen) atoms. The zero-order valence-corrected chi connectivity index (χ0v) is 16.2. The van der Waals surface area contributed by atoms with Crippen LogP contribution in [0.15, 0.2) is 69.3 Å². The van der Waals surface area contributed by atoms with Crippen LogP contribution in [0.3, 0.4) is 0 Å². The van der Waals surface area contributed by atoms with Crippen molar-refractivity contribution in [1.82, 2.24) is 4.98 Å². The molecular formula is C21H11ClFN3O2S. The summed E-state index contributed by atoms with van der Waals surface area (Å²) in [5.41, 5.74) is 0.977. The molecule has 0 aliphatic carbocycles. The molecule has 0 aliphatic rings. The number of hydrogen-bond acceptors (Lipinski definition) is 6. The van der Waals surface area contributed by atoms with Crippen LogP contribution >= 0.6 is 22.9 Å². The summed E-state index contributed by atoms with van der Waals surface area (Å²) >= 11 is 7.20. The average Bonchev–Trinajstić information content (AvgIpc) is 3.19. The lowest BCUT2D eigenvalue weighted by Gasteiger charge is -2.02. The Morgan fingerprint density at radius 3 is 2.90 bits per heavy atom. The molecule has 0 amide bonds. The predicted octanol–water partition coefficient (Wildman–Crippen LogP) is 5.69. The SMILES string of the molecule is N#C/C(=C\Nc1ccccc1F)c1nc(-c2cc3cc(Cl)ccc3oc2=O)cs1. The highest BCUT2D eigenvalue weighted by Crippen LogP contribution is 2.27. The molecule has 2 aromatic carbocycles. The number of allylic oxidation sites excluding steroid dienone is 1. The number of halogens is 2. The van der Waals surface area contributed by atoms with Crippen LogP contribution in [0.5, 0.6) is 0 Å². The van der Waals surface area contributed by atoms with E-state index in [4.69, 9.17) is 16.0 Å². The minimum absolute atomic E-state index is 0.206. The largest absolute Gasteiger partial charge is 0.422 e. The molecular weight excluding hydrogens is 413 g/mol. The van der Waals surface area contributed by atoms with Gasteiger partial charge in [-0.2, -0.15) is 5.26 Å². The monoisotopic (exact) mass is 423 g/mol. The highest BCUT2D eigenvalue weighted by atomic mass is 35.5. The van der Waals surface area contributed by atoms with Gasteiger partial charge in [0.15, 0.2) is 0 Å². The number of nitriles is 1. The molecule has 1 N–H and O–H groups in total. The molecule has 0 saturated carbocycles. The second kappa shape index (κ2) is 7.87. The van der Waals surface area contributed by atoms with Gasteiger partial charge in [-0.25, -0.2) is 14.2 Å². The lowest BCUT2D eigenvalue weighted by molar-refractivity contribution is 0.563. The van der Waals surface area contributed by atoms with Crippen LogP contribution in [0.25, 0.3) is 27.8 Å². The van der Waals surface area contributed by atoms with Crippen molar-refractivity contribution in [1.29, 1.82) is 5.26 Å². The number of nitrogens with zero attached hydrogens (tertiary/aromatic N) is 2. The van der Waals surface area contributed by atoms with Crippen LogP contribution in [0, 0.1) is 17.1 Å². The van der Waals surface area contributed by atoms with Crippen LogP contribution < -0.4 is 10.9 Å². The summed E-state index contributed by atoms with van der Waals surface area (Å²) in [5.74, 6) is -0.437. The van der Waals surface area contributed by atoms with Gasteiger partial charge in [0.05, 0.1) is 16.9 Å². The summed E-state index contributed by atoms with van der Waals surface area (Å²) in [4.78, 5) is 16.7.